The summed E-state index contributed by atoms with van der Waals surface area (Å²) in [7, 11) is 1.97. The molecule has 0 bridgehead atoms. The zero-order valence-corrected chi connectivity index (χ0v) is 17.2. The first-order valence-corrected chi connectivity index (χ1v) is 10.3. The monoisotopic (exact) mass is 447 g/mol. The summed E-state index contributed by atoms with van der Waals surface area (Å²) in [4.78, 5) is 15.7. The van der Waals surface area contributed by atoms with Gasteiger partial charge in [0.25, 0.3) is 0 Å². The number of rotatable bonds is 4. The number of piperidine rings is 1. The molecule has 0 aliphatic carbocycles. The summed E-state index contributed by atoms with van der Waals surface area (Å²) in [5, 5.41) is 17.9. The SMILES string of the molecule is Cn1cc(CN2CCC3(CC2)CC(Nc2nccs2)CO3)cn1.O=C(O)C(F)(F)F. The lowest BCUT2D eigenvalue weighted by Crippen LogP contribution is -2.44. The van der Waals surface area contributed by atoms with Gasteiger partial charge in [-0.2, -0.15) is 18.3 Å². The minimum absolute atomic E-state index is 0.0698. The molecular formula is C18H24F3N5O3S. The Morgan fingerprint density at radius 1 is 1.43 bits per heavy atom. The number of aryl methyl sites for hydroxylation is 1. The van der Waals surface area contributed by atoms with Gasteiger partial charge in [0.05, 0.1) is 24.4 Å². The fourth-order valence-corrected chi connectivity index (χ4v) is 4.29. The maximum Gasteiger partial charge on any atom is 0.490 e. The number of halogens is 3. The van der Waals surface area contributed by atoms with Crippen molar-refractivity contribution in [2.75, 3.05) is 25.0 Å². The van der Waals surface area contributed by atoms with E-state index in [0.717, 1.165) is 50.6 Å². The number of carboxylic acid groups (broad SMARTS) is 1. The Kier molecular flexibility index (Phi) is 6.98. The smallest absolute Gasteiger partial charge is 0.475 e. The number of carbonyl (C=O) groups is 1. The number of nitrogens with zero attached hydrogens (tertiary/aromatic N) is 4. The molecule has 30 heavy (non-hydrogen) atoms. The highest BCUT2D eigenvalue weighted by molar-refractivity contribution is 7.13. The number of carboxylic acids is 1. The first-order chi connectivity index (χ1) is 14.2. The van der Waals surface area contributed by atoms with Crippen molar-refractivity contribution in [3.05, 3.63) is 29.5 Å². The van der Waals surface area contributed by atoms with Crippen LogP contribution in [-0.2, 0) is 23.1 Å². The van der Waals surface area contributed by atoms with E-state index >= 15 is 0 Å². The van der Waals surface area contributed by atoms with E-state index < -0.39 is 12.1 Å². The number of aliphatic carboxylic acids is 1. The third kappa shape index (κ3) is 6.16. The van der Waals surface area contributed by atoms with Crippen molar-refractivity contribution in [2.24, 2.45) is 7.05 Å². The van der Waals surface area contributed by atoms with E-state index in [1.807, 2.05) is 29.5 Å². The lowest BCUT2D eigenvalue weighted by Gasteiger charge is -2.38. The van der Waals surface area contributed by atoms with E-state index in [-0.39, 0.29) is 5.60 Å². The van der Waals surface area contributed by atoms with Crippen LogP contribution in [0, 0.1) is 0 Å². The Bertz CT molecular complexity index is 819. The minimum Gasteiger partial charge on any atom is -0.475 e. The Morgan fingerprint density at radius 3 is 2.67 bits per heavy atom. The van der Waals surface area contributed by atoms with Gasteiger partial charge in [0.2, 0.25) is 0 Å². The Labute approximate surface area is 175 Å². The van der Waals surface area contributed by atoms with E-state index in [9.17, 15) is 13.2 Å². The maximum atomic E-state index is 10.6. The van der Waals surface area contributed by atoms with Gasteiger partial charge >= 0.3 is 12.1 Å². The Morgan fingerprint density at radius 2 is 2.13 bits per heavy atom. The van der Waals surface area contributed by atoms with Crippen LogP contribution in [0.5, 0.6) is 0 Å². The van der Waals surface area contributed by atoms with Gasteiger partial charge in [-0.1, -0.05) is 0 Å². The number of likely N-dealkylation sites (tertiary alicyclic amines) is 1. The molecular weight excluding hydrogens is 423 g/mol. The summed E-state index contributed by atoms with van der Waals surface area (Å²) in [6, 6.07) is 0.394. The summed E-state index contributed by atoms with van der Waals surface area (Å²) in [6.07, 6.45) is 4.14. The summed E-state index contributed by atoms with van der Waals surface area (Å²) in [6.45, 7) is 3.98. The summed E-state index contributed by atoms with van der Waals surface area (Å²) in [5.74, 6) is -2.76. The van der Waals surface area contributed by atoms with Crippen molar-refractivity contribution in [2.45, 2.75) is 43.6 Å². The second-order valence-electron chi connectivity index (χ2n) is 7.48. The van der Waals surface area contributed by atoms with Crippen molar-refractivity contribution in [3.8, 4) is 0 Å². The average Bonchev–Trinajstić information content (AvgIpc) is 3.41. The molecule has 2 aliphatic heterocycles. The standard InChI is InChI=1S/C16H23N5OS.C2HF3O2/c1-20-10-13(9-18-20)11-21-5-2-16(3-6-21)8-14(12-22-16)19-15-17-4-7-23-15;3-2(4,5)1(6)7/h4,7,9-10,14H,2-3,5-6,8,11-12H2,1H3,(H,17,19);(H,6,7). The lowest BCUT2D eigenvalue weighted by atomic mass is 9.87. The molecule has 8 nitrogen and oxygen atoms in total. The fourth-order valence-electron chi connectivity index (χ4n) is 3.69. The van der Waals surface area contributed by atoms with Gasteiger partial charge in [0, 0.05) is 50.0 Å². The van der Waals surface area contributed by atoms with Gasteiger partial charge < -0.3 is 15.2 Å². The van der Waals surface area contributed by atoms with Crippen molar-refractivity contribution >= 4 is 22.4 Å². The van der Waals surface area contributed by atoms with Gasteiger partial charge in [-0.15, -0.1) is 11.3 Å². The highest BCUT2D eigenvalue weighted by Crippen LogP contribution is 2.37. The number of nitrogens with one attached hydrogen (secondary N) is 1. The fraction of sp³-hybridized carbons (Fsp3) is 0.611. The van der Waals surface area contributed by atoms with E-state index in [2.05, 4.69) is 26.5 Å². The quantitative estimate of drug-likeness (QED) is 0.745. The second kappa shape index (κ2) is 9.31. The normalized spacial score (nSPS) is 21.3. The predicted octanol–water partition coefficient (Wildman–Crippen LogP) is 2.75. The van der Waals surface area contributed by atoms with Gasteiger partial charge in [-0.3, -0.25) is 9.58 Å². The number of thiazole rings is 1. The van der Waals surface area contributed by atoms with E-state index in [1.165, 1.54) is 5.56 Å². The summed E-state index contributed by atoms with van der Waals surface area (Å²) < 4.78 is 39.8. The first-order valence-electron chi connectivity index (χ1n) is 9.45. The Hall–Kier alpha value is -2.18. The van der Waals surface area contributed by atoms with Crippen LogP contribution in [0.15, 0.2) is 24.0 Å². The number of hydrogen-bond donors (Lipinski definition) is 2. The number of alkyl halides is 3. The number of ether oxygens (including phenoxy) is 1. The molecule has 0 radical (unpaired) electrons. The van der Waals surface area contributed by atoms with Crippen molar-refractivity contribution in [1.29, 1.82) is 0 Å². The molecule has 2 N–H and O–H groups in total. The van der Waals surface area contributed by atoms with Crippen LogP contribution in [0.1, 0.15) is 24.8 Å². The van der Waals surface area contributed by atoms with Crippen LogP contribution >= 0.6 is 11.3 Å². The van der Waals surface area contributed by atoms with Crippen LogP contribution in [-0.4, -0.2) is 68.3 Å². The van der Waals surface area contributed by atoms with Gasteiger partial charge in [-0.25, -0.2) is 9.78 Å². The summed E-state index contributed by atoms with van der Waals surface area (Å²) >= 11 is 1.65. The molecule has 0 aromatic carbocycles. The molecule has 1 spiro atoms. The molecule has 2 aliphatic rings. The van der Waals surface area contributed by atoms with Crippen molar-refractivity contribution < 1.29 is 27.8 Å². The van der Waals surface area contributed by atoms with Crippen LogP contribution in [0.2, 0.25) is 0 Å². The van der Waals surface area contributed by atoms with Crippen molar-refractivity contribution in [3.63, 3.8) is 0 Å². The van der Waals surface area contributed by atoms with Crippen LogP contribution in [0.25, 0.3) is 0 Å². The van der Waals surface area contributed by atoms with Crippen LogP contribution in [0.4, 0.5) is 18.3 Å². The molecule has 2 saturated heterocycles. The van der Waals surface area contributed by atoms with E-state index in [1.54, 1.807) is 11.3 Å². The second-order valence-corrected chi connectivity index (χ2v) is 8.37. The largest absolute Gasteiger partial charge is 0.490 e. The van der Waals surface area contributed by atoms with Crippen LogP contribution < -0.4 is 5.32 Å². The molecule has 0 amide bonds. The van der Waals surface area contributed by atoms with E-state index in [0.29, 0.717) is 6.04 Å². The molecule has 166 valence electrons. The predicted molar refractivity (Wildman–Crippen MR) is 104 cm³/mol. The highest BCUT2D eigenvalue weighted by atomic mass is 32.1. The van der Waals surface area contributed by atoms with Gasteiger partial charge in [0.1, 0.15) is 0 Å². The van der Waals surface area contributed by atoms with Crippen molar-refractivity contribution in [1.82, 2.24) is 19.7 Å². The molecule has 2 fully saturated rings. The molecule has 1 unspecified atom stereocenters. The number of aromatic nitrogens is 3. The molecule has 12 heteroatoms. The molecule has 1 atom stereocenters. The van der Waals surface area contributed by atoms with Gasteiger partial charge in [0.15, 0.2) is 5.13 Å². The van der Waals surface area contributed by atoms with Crippen LogP contribution in [0.3, 0.4) is 0 Å². The molecule has 4 rings (SSSR count). The zero-order chi connectivity index (χ0) is 21.8. The molecule has 0 saturated carbocycles. The number of anilines is 1. The highest BCUT2D eigenvalue weighted by Gasteiger charge is 2.42. The zero-order valence-electron chi connectivity index (χ0n) is 16.4. The third-order valence-corrected chi connectivity index (χ3v) is 5.85. The summed E-state index contributed by atoms with van der Waals surface area (Å²) in [5.41, 5.74) is 1.36. The van der Waals surface area contributed by atoms with Gasteiger partial charge in [-0.05, 0) is 19.3 Å². The third-order valence-electron chi connectivity index (χ3n) is 5.14. The molecule has 2 aromatic rings. The first kappa shape index (κ1) is 22.5. The number of hydrogen-bond acceptors (Lipinski definition) is 7. The molecule has 4 heterocycles. The average molecular weight is 447 g/mol. The maximum absolute atomic E-state index is 10.6. The van der Waals surface area contributed by atoms with E-state index in [4.69, 9.17) is 14.6 Å². The topological polar surface area (TPSA) is 92.5 Å². The Balaban J connectivity index is 0.000000318. The lowest BCUT2D eigenvalue weighted by molar-refractivity contribution is -0.192. The minimum atomic E-state index is -5.08. The molecule has 2 aromatic heterocycles.